The van der Waals surface area contributed by atoms with Crippen molar-refractivity contribution in [2.75, 3.05) is 12.3 Å². The standard InChI is InChI=1S/C13H15F3N4/c14-13(15,16)7-20(9-2-3-9)6-12-18-10-4-1-8(17)5-11(10)19-12/h1,4-5,9H,2-3,6-7,17H2,(H,18,19). The summed E-state index contributed by atoms with van der Waals surface area (Å²) < 4.78 is 37.7. The van der Waals surface area contributed by atoms with Crippen LogP contribution in [0.5, 0.6) is 0 Å². The van der Waals surface area contributed by atoms with E-state index in [1.807, 2.05) is 0 Å². The molecule has 3 rings (SSSR count). The van der Waals surface area contributed by atoms with E-state index in [-0.39, 0.29) is 12.6 Å². The van der Waals surface area contributed by atoms with Crippen molar-refractivity contribution in [2.45, 2.75) is 31.6 Å². The molecule has 0 atom stereocenters. The number of rotatable bonds is 4. The molecule has 0 radical (unpaired) electrons. The van der Waals surface area contributed by atoms with Crippen molar-refractivity contribution >= 4 is 16.7 Å². The van der Waals surface area contributed by atoms with Gasteiger partial charge in [-0.1, -0.05) is 0 Å². The van der Waals surface area contributed by atoms with E-state index in [0.717, 1.165) is 23.9 Å². The quantitative estimate of drug-likeness (QED) is 0.849. The minimum atomic E-state index is -4.18. The number of halogens is 3. The highest BCUT2D eigenvalue weighted by molar-refractivity contribution is 5.78. The van der Waals surface area contributed by atoms with Gasteiger partial charge in [-0.2, -0.15) is 13.2 Å². The molecule has 0 spiro atoms. The van der Waals surface area contributed by atoms with Crippen LogP contribution in [0.15, 0.2) is 18.2 Å². The van der Waals surface area contributed by atoms with Crippen molar-refractivity contribution in [1.82, 2.24) is 14.9 Å². The molecule has 7 heteroatoms. The average Bonchev–Trinajstić information content (AvgIpc) is 3.08. The Hall–Kier alpha value is -1.76. The molecule has 0 aliphatic heterocycles. The topological polar surface area (TPSA) is 57.9 Å². The van der Waals surface area contributed by atoms with E-state index in [9.17, 15) is 13.2 Å². The van der Waals surface area contributed by atoms with E-state index < -0.39 is 12.7 Å². The number of hydrogen-bond donors (Lipinski definition) is 2. The van der Waals surface area contributed by atoms with Crippen LogP contribution in [0.2, 0.25) is 0 Å². The molecule has 108 valence electrons. The fraction of sp³-hybridized carbons (Fsp3) is 0.462. The van der Waals surface area contributed by atoms with E-state index in [0.29, 0.717) is 11.5 Å². The van der Waals surface area contributed by atoms with Gasteiger partial charge in [0.1, 0.15) is 5.82 Å². The largest absolute Gasteiger partial charge is 0.401 e. The minimum absolute atomic E-state index is 0.0231. The number of H-pyrrole nitrogens is 1. The third-order valence-electron chi connectivity index (χ3n) is 3.35. The zero-order chi connectivity index (χ0) is 14.3. The molecule has 2 aromatic rings. The summed E-state index contributed by atoms with van der Waals surface area (Å²) in [5.41, 5.74) is 7.74. The molecule has 3 N–H and O–H groups in total. The fourth-order valence-corrected chi connectivity index (χ4v) is 2.33. The molecule has 1 fully saturated rings. The van der Waals surface area contributed by atoms with Crippen LogP contribution >= 0.6 is 0 Å². The maximum Gasteiger partial charge on any atom is 0.401 e. The third kappa shape index (κ3) is 3.04. The zero-order valence-electron chi connectivity index (χ0n) is 10.7. The van der Waals surface area contributed by atoms with Gasteiger partial charge in [-0.05, 0) is 31.0 Å². The van der Waals surface area contributed by atoms with Gasteiger partial charge in [0.15, 0.2) is 0 Å². The van der Waals surface area contributed by atoms with Gasteiger partial charge in [-0.15, -0.1) is 0 Å². The summed E-state index contributed by atoms with van der Waals surface area (Å²) in [4.78, 5) is 8.78. The number of benzene rings is 1. The Bertz CT molecular complexity index is 616. The van der Waals surface area contributed by atoms with E-state index in [1.54, 1.807) is 18.2 Å². The summed E-state index contributed by atoms with van der Waals surface area (Å²) in [5.74, 6) is 0.543. The lowest BCUT2D eigenvalue weighted by Crippen LogP contribution is -2.35. The molecular formula is C13H15F3N4. The summed E-state index contributed by atoms with van der Waals surface area (Å²) in [6.07, 6.45) is -2.54. The van der Waals surface area contributed by atoms with E-state index in [2.05, 4.69) is 9.97 Å². The predicted octanol–water partition coefficient (Wildman–Crippen LogP) is 2.67. The predicted molar refractivity (Wildman–Crippen MR) is 70.0 cm³/mol. The first-order valence-corrected chi connectivity index (χ1v) is 6.46. The van der Waals surface area contributed by atoms with Crippen LogP contribution in [0.25, 0.3) is 11.0 Å². The van der Waals surface area contributed by atoms with Crippen LogP contribution in [-0.4, -0.2) is 33.6 Å². The van der Waals surface area contributed by atoms with Gasteiger partial charge in [0.05, 0.1) is 24.1 Å². The molecular weight excluding hydrogens is 269 g/mol. The Morgan fingerprint density at radius 1 is 1.35 bits per heavy atom. The highest BCUT2D eigenvalue weighted by Crippen LogP contribution is 2.31. The lowest BCUT2D eigenvalue weighted by Gasteiger charge is -2.22. The summed E-state index contributed by atoms with van der Waals surface area (Å²) in [6.45, 7) is -0.713. The summed E-state index contributed by atoms with van der Waals surface area (Å²) in [7, 11) is 0. The Morgan fingerprint density at radius 2 is 2.10 bits per heavy atom. The Morgan fingerprint density at radius 3 is 2.75 bits per heavy atom. The maximum atomic E-state index is 12.6. The number of aromatic nitrogens is 2. The second-order valence-electron chi connectivity index (χ2n) is 5.21. The van der Waals surface area contributed by atoms with E-state index in [1.165, 1.54) is 4.90 Å². The first kappa shape index (κ1) is 13.2. The SMILES string of the molecule is Nc1ccc2nc(CN(CC(F)(F)F)C3CC3)[nH]c2c1. The van der Waals surface area contributed by atoms with E-state index in [4.69, 9.17) is 5.73 Å². The number of hydrogen-bond acceptors (Lipinski definition) is 3. The van der Waals surface area contributed by atoms with Crippen molar-refractivity contribution in [3.63, 3.8) is 0 Å². The second kappa shape index (κ2) is 4.66. The molecule has 1 aliphatic carbocycles. The first-order valence-electron chi connectivity index (χ1n) is 6.46. The molecule has 4 nitrogen and oxygen atoms in total. The highest BCUT2D eigenvalue weighted by atomic mass is 19.4. The van der Waals surface area contributed by atoms with Crippen molar-refractivity contribution < 1.29 is 13.2 Å². The number of imidazole rings is 1. The van der Waals surface area contributed by atoms with Crippen LogP contribution in [0.1, 0.15) is 18.7 Å². The Kier molecular flexibility index (Phi) is 3.08. The van der Waals surface area contributed by atoms with Crippen molar-refractivity contribution in [3.8, 4) is 0 Å². The molecule has 0 saturated heterocycles. The number of fused-ring (bicyclic) bond motifs is 1. The average molecular weight is 284 g/mol. The Labute approximate surface area is 113 Å². The lowest BCUT2D eigenvalue weighted by atomic mass is 10.3. The highest BCUT2D eigenvalue weighted by Gasteiger charge is 2.38. The van der Waals surface area contributed by atoms with E-state index >= 15 is 0 Å². The molecule has 20 heavy (non-hydrogen) atoms. The van der Waals surface area contributed by atoms with Gasteiger partial charge in [-0.3, -0.25) is 4.90 Å². The number of nitrogens with two attached hydrogens (primary N) is 1. The first-order chi connectivity index (χ1) is 9.40. The molecule has 0 unspecified atom stereocenters. The monoisotopic (exact) mass is 284 g/mol. The number of nitrogens with one attached hydrogen (secondary N) is 1. The van der Waals surface area contributed by atoms with Crippen LogP contribution in [0.3, 0.4) is 0 Å². The van der Waals surface area contributed by atoms with Gasteiger partial charge >= 0.3 is 6.18 Å². The second-order valence-corrected chi connectivity index (χ2v) is 5.21. The number of anilines is 1. The molecule has 1 aromatic heterocycles. The molecule has 0 amide bonds. The number of nitrogen functional groups attached to an aromatic ring is 1. The van der Waals surface area contributed by atoms with Crippen molar-refractivity contribution in [2.24, 2.45) is 0 Å². The smallest absolute Gasteiger partial charge is 0.399 e. The fourth-order valence-electron chi connectivity index (χ4n) is 2.33. The molecule has 1 aromatic carbocycles. The van der Waals surface area contributed by atoms with Gasteiger partial charge in [0, 0.05) is 11.7 Å². The maximum absolute atomic E-state index is 12.6. The normalized spacial score (nSPS) is 16.2. The van der Waals surface area contributed by atoms with Crippen LogP contribution in [-0.2, 0) is 6.54 Å². The lowest BCUT2D eigenvalue weighted by molar-refractivity contribution is -0.148. The Balaban J connectivity index is 1.79. The number of nitrogens with zero attached hydrogens (tertiary/aromatic N) is 2. The molecule has 1 aliphatic rings. The summed E-state index contributed by atoms with van der Waals surface area (Å²) >= 11 is 0. The summed E-state index contributed by atoms with van der Waals surface area (Å²) in [5, 5.41) is 0. The minimum Gasteiger partial charge on any atom is -0.399 e. The summed E-state index contributed by atoms with van der Waals surface area (Å²) in [6, 6.07) is 5.24. The van der Waals surface area contributed by atoms with Crippen molar-refractivity contribution in [3.05, 3.63) is 24.0 Å². The van der Waals surface area contributed by atoms with Crippen LogP contribution in [0, 0.1) is 0 Å². The number of alkyl halides is 3. The van der Waals surface area contributed by atoms with Crippen LogP contribution in [0.4, 0.5) is 18.9 Å². The van der Waals surface area contributed by atoms with Gasteiger partial charge in [-0.25, -0.2) is 4.98 Å². The third-order valence-corrected chi connectivity index (χ3v) is 3.35. The molecule has 1 heterocycles. The molecule has 1 saturated carbocycles. The zero-order valence-corrected chi connectivity index (χ0v) is 10.7. The van der Waals surface area contributed by atoms with Gasteiger partial charge in [0.2, 0.25) is 0 Å². The number of aromatic amines is 1. The van der Waals surface area contributed by atoms with Gasteiger partial charge in [0.25, 0.3) is 0 Å². The van der Waals surface area contributed by atoms with Crippen LogP contribution < -0.4 is 5.73 Å². The van der Waals surface area contributed by atoms with Crippen molar-refractivity contribution in [1.29, 1.82) is 0 Å². The molecule has 0 bridgehead atoms. The van der Waals surface area contributed by atoms with Gasteiger partial charge < -0.3 is 10.7 Å².